The number of benzene rings is 1. The molecule has 4 heteroatoms. The van der Waals surface area contributed by atoms with Crippen LogP contribution in [0.2, 0.25) is 0 Å². The zero-order valence-corrected chi connectivity index (χ0v) is 12.6. The molecule has 0 saturated heterocycles. The van der Waals surface area contributed by atoms with Crippen LogP contribution in [-0.4, -0.2) is 14.2 Å². The van der Waals surface area contributed by atoms with Crippen LogP contribution in [0.25, 0.3) is 0 Å². The number of hydrazine groups is 1. The molecule has 0 aliphatic carbocycles. The summed E-state index contributed by atoms with van der Waals surface area (Å²) in [6.45, 7) is 6.65. The second-order valence-electron chi connectivity index (χ2n) is 5.37. The quantitative estimate of drug-likeness (QED) is 0.588. The Morgan fingerprint density at radius 3 is 2.21 bits per heavy atom. The van der Waals surface area contributed by atoms with Crippen LogP contribution in [0.4, 0.5) is 0 Å². The number of ether oxygens (including phenoxy) is 2. The Bertz CT molecular complexity index is 394. The van der Waals surface area contributed by atoms with E-state index < -0.39 is 0 Å². The van der Waals surface area contributed by atoms with Gasteiger partial charge in [-0.1, -0.05) is 26.8 Å². The molecular weight excluding hydrogens is 240 g/mol. The Kier molecular flexibility index (Phi) is 6.12. The second-order valence-corrected chi connectivity index (χ2v) is 5.37. The van der Waals surface area contributed by atoms with Gasteiger partial charge in [0.25, 0.3) is 0 Å². The van der Waals surface area contributed by atoms with Gasteiger partial charge in [-0.2, -0.15) is 0 Å². The molecule has 108 valence electrons. The highest BCUT2D eigenvalue weighted by atomic mass is 16.5. The Hall–Kier alpha value is -1.26. The SMILES string of the molecule is COc1ccc(C(NN)C(C)CC(C)C)cc1OC. The first-order valence-electron chi connectivity index (χ1n) is 6.71. The van der Waals surface area contributed by atoms with E-state index in [4.69, 9.17) is 15.3 Å². The normalized spacial score (nSPS) is 14.3. The lowest BCUT2D eigenvalue weighted by Gasteiger charge is -2.25. The maximum absolute atomic E-state index is 5.72. The van der Waals surface area contributed by atoms with Crippen molar-refractivity contribution in [3.63, 3.8) is 0 Å². The molecule has 1 aromatic carbocycles. The molecule has 2 atom stereocenters. The van der Waals surface area contributed by atoms with Gasteiger partial charge in [0.05, 0.1) is 14.2 Å². The Morgan fingerprint density at radius 1 is 1.11 bits per heavy atom. The van der Waals surface area contributed by atoms with Crippen molar-refractivity contribution < 1.29 is 9.47 Å². The van der Waals surface area contributed by atoms with Crippen molar-refractivity contribution in [2.24, 2.45) is 17.7 Å². The first kappa shape index (κ1) is 15.8. The predicted octanol–water partition coefficient (Wildman–Crippen LogP) is 2.89. The van der Waals surface area contributed by atoms with Gasteiger partial charge in [-0.15, -0.1) is 0 Å². The maximum Gasteiger partial charge on any atom is 0.161 e. The third-order valence-corrected chi connectivity index (χ3v) is 3.36. The summed E-state index contributed by atoms with van der Waals surface area (Å²) >= 11 is 0. The van der Waals surface area contributed by atoms with Crippen molar-refractivity contribution >= 4 is 0 Å². The Labute approximate surface area is 116 Å². The van der Waals surface area contributed by atoms with Gasteiger partial charge in [0.1, 0.15) is 0 Å². The van der Waals surface area contributed by atoms with Crippen molar-refractivity contribution in [2.75, 3.05) is 14.2 Å². The minimum absolute atomic E-state index is 0.113. The molecule has 0 amide bonds. The number of hydrogen-bond donors (Lipinski definition) is 2. The van der Waals surface area contributed by atoms with E-state index in [-0.39, 0.29) is 6.04 Å². The van der Waals surface area contributed by atoms with Crippen molar-refractivity contribution in [1.29, 1.82) is 0 Å². The molecule has 19 heavy (non-hydrogen) atoms. The number of nitrogens with one attached hydrogen (secondary N) is 1. The molecule has 0 aromatic heterocycles. The zero-order chi connectivity index (χ0) is 14.4. The highest BCUT2D eigenvalue weighted by Gasteiger charge is 2.20. The summed E-state index contributed by atoms with van der Waals surface area (Å²) in [7, 11) is 3.28. The van der Waals surface area contributed by atoms with Crippen LogP contribution in [-0.2, 0) is 0 Å². The molecule has 0 radical (unpaired) electrons. The lowest BCUT2D eigenvalue weighted by Crippen LogP contribution is -2.33. The fraction of sp³-hybridized carbons (Fsp3) is 0.600. The minimum atomic E-state index is 0.113. The maximum atomic E-state index is 5.72. The summed E-state index contributed by atoms with van der Waals surface area (Å²) in [5.41, 5.74) is 4.03. The van der Waals surface area contributed by atoms with E-state index in [9.17, 15) is 0 Å². The van der Waals surface area contributed by atoms with Crippen molar-refractivity contribution in [3.05, 3.63) is 23.8 Å². The molecule has 0 aliphatic rings. The van der Waals surface area contributed by atoms with E-state index in [1.165, 1.54) is 0 Å². The molecule has 0 saturated carbocycles. The summed E-state index contributed by atoms with van der Waals surface area (Å²) in [5.74, 6) is 8.28. The molecule has 0 aliphatic heterocycles. The molecule has 0 heterocycles. The van der Waals surface area contributed by atoms with Crippen molar-refractivity contribution in [3.8, 4) is 11.5 Å². The minimum Gasteiger partial charge on any atom is -0.493 e. The summed E-state index contributed by atoms with van der Waals surface area (Å²) in [5, 5.41) is 0. The largest absolute Gasteiger partial charge is 0.493 e. The van der Waals surface area contributed by atoms with Crippen LogP contribution in [0.15, 0.2) is 18.2 Å². The number of nitrogens with two attached hydrogens (primary N) is 1. The predicted molar refractivity (Wildman–Crippen MR) is 78.2 cm³/mol. The highest BCUT2D eigenvalue weighted by molar-refractivity contribution is 5.43. The smallest absolute Gasteiger partial charge is 0.161 e. The van der Waals surface area contributed by atoms with E-state index in [2.05, 4.69) is 26.2 Å². The van der Waals surface area contributed by atoms with E-state index in [1.54, 1.807) is 14.2 Å². The first-order valence-corrected chi connectivity index (χ1v) is 6.71. The third kappa shape index (κ3) is 4.11. The van der Waals surface area contributed by atoms with E-state index in [0.717, 1.165) is 23.5 Å². The van der Waals surface area contributed by atoms with Crippen LogP contribution in [0, 0.1) is 11.8 Å². The number of hydrogen-bond acceptors (Lipinski definition) is 4. The molecule has 2 unspecified atom stereocenters. The van der Waals surface area contributed by atoms with Crippen LogP contribution >= 0.6 is 0 Å². The molecule has 0 bridgehead atoms. The molecule has 0 fully saturated rings. The standard InChI is InChI=1S/C15H26N2O2/c1-10(2)8-11(3)15(17-16)12-6-7-13(18-4)14(9-12)19-5/h6-7,9-11,15,17H,8,16H2,1-5H3. The second kappa shape index (κ2) is 7.36. The lowest BCUT2D eigenvalue weighted by molar-refractivity contribution is 0.327. The summed E-state index contributed by atoms with van der Waals surface area (Å²) < 4.78 is 10.6. The van der Waals surface area contributed by atoms with Crippen LogP contribution < -0.4 is 20.7 Å². The summed E-state index contributed by atoms with van der Waals surface area (Å²) in [4.78, 5) is 0. The van der Waals surface area contributed by atoms with Crippen molar-refractivity contribution in [1.82, 2.24) is 5.43 Å². The van der Waals surface area contributed by atoms with Gasteiger partial charge in [0.15, 0.2) is 11.5 Å². The van der Waals surface area contributed by atoms with Crippen LogP contribution in [0.3, 0.4) is 0 Å². The average molecular weight is 266 g/mol. The Morgan fingerprint density at radius 2 is 1.74 bits per heavy atom. The Balaban J connectivity index is 2.98. The van der Waals surface area contributed by atoms with Crippen molar-refractivity contribution in [2.45, 2.75) is 33.2 Å². The van der Waals surface area contributed by atoms with Gasteiger partial charge in [-0.3, -0.25) is 11.3 Å². The topological polar surface area (TPSA) is 56.5 Å². The molecule has 1 aromatic rings. The molecular formula is C15H26N2O2. The number of methoxy groups -OCH3 is 2. The van der Waals surface area contributed by atoms with Crippen LogP contribution in [0.1, 0.15) is 38.8 Å². The van der Waals surface area contributed by atoms with Gasteiger partial charge in [-0.25, -0.2) is 0 Å². The molecule has 4 nitrogen and oxygen atoms in total. The average Bonchev–Trinajstić information content (AvgIpc) is 2.38. The van der Waals surface area contributed by atoms with E-state index >= 15 is 0 Å². The number of rotatable bonds is 7. The van der Waals surface area contributed by atoms with Gasteiger partial charge in [0.2, 0.25) is 0 Å². The highest BCUT2D eigenvalue weighted by Crippen LogP contribution is 2.33. The van der Waals surface area contributed by atoms with Crippen LogP contribution in [0.5, 0.6) is 11.5 Å². The zero-order valence-electron chi connectivity index (χ0n) is 12.6. The summed E-state index contributed by atoms with van der Waals surface area (Å²) in [6.07, 6.45) is 1.11. The van der Waals surface area contributed by atoms with E-state index in [1.807, 2.05) is 18.2 Å². The van der Waals surface area contributed by atoms with E-state index in [0.29, 0.717) is 11.8 Å². The van der Waals surface area contributed by atoms with Gasteiger partial charge in [-0.05, 0) is 36.0 Å². The monoisotopic (exact) mass is 266 g/mol. The first-order chi connectivity index (χ1) is 9.03. The van der Waals surface area contributed by atoms with Gasteiger partial charge < -0.3 is 9.47 Å². The molecule has 3 N–H and O–H groups in total. The fourth-order valence-electron chi connectivity index (χ4n) is 2.51. The third-order valence-electron chi connectivity index (χ3n) is 3.36. The van der Waals surface area contributed by atoms with Gasteiger partial charge in [0, 0.05) is 6.04 Å². The fourth-order valence-corrected chi connectivity index (χ4v) is 2.51. The molecule has 0 spiro atoms. The molecule has 1 rings (SSSR count). The van der Waals surface area contributed by atoms with Gasteiger partial charge >= 0.3 is 0 Å². The lowest BCUT2D eigenvalue weighted by atomic mass is 9.88. The summed E-state index contributed by atoms with van der Waals surface area (Å²) in [6, 6.07) is 6.05.